The second kappa shape index (κ2) is 6.99. The maximum atomic E-state index is 9.75. The van der Waals surface area contributed by atoms with Crippen LogP contribution in [0.15, 0.2) is 72.8 Å². The van der Waals surface area contributed by atoms with Crippen LogP contribution in [-0.4, -0.2) is 15.3 Å². The monoisotopic (exact) mass is 360 g/mol. The predicted molar refractivity (Wildman–Crippen MR) is 106 cm³/mol. The summed E-state index contributed by atoms with van der Waals surface area (Å²) >= 11 is 0. The van der Waals surface area contributed by atoms with E-state index in [1.807, 2.05) is 36.4 Å². The van der Waals surface area contributed by atoms with Gasteiger partial charge in [0.2, 0.25) is 0 Å². The Labute approximate surface area is 159 Å². The fourth-order valence-electron chi connectivity index (χ4n) is 4.56. The van der Waals surface area contributed by atoms with E-state index in [4.69, 9.17) is 0 Å². The molecule has 3 N–H and O–H groups in total. The zero-order chi connectivity index (χ0) is 18.9. The molecule has 4 rings (SSSR count). The third-order valence-electron chi connectivity index (χ3n) is 5.96. The van der Waals surface area contributed by atoms with E-state index in [-0.39, 0.29) is 22.7 Å². The van der Waals surface area contributed by atoms with Gasteiger partial charge in [0.05, 0.1) is 0 Å². The highest BCUT2D eigenvalue weighted by Crippen LogP contribution is 2.50. The fraction of sp³-hybridized carbons (Fsp3) is 0.250. The highest BCUT2D eigenvalue weighted by Gasteiger charge is 2.39. The van der Waals surface area contributed by atoms with Gasteiger partial charge < -0.3 is 15.3 Å². The molecule has 0 bridgehead atoms. The number of benzene rings is 3. The molecule has 0 aromatic heterocycles. The van der Waals surface area contributed by atoms with Gasteiger partial charge in [0.25, 0.3) is 0 Å². The topological polar surface area (TPSA) is 60.7 Å². The predicted octanol–water partition coefficient (Wildman–Crippen LogP) is 5.45. The van der Waals surface area contributed by atoms with Crippen LogP contribution in [0.25, 0.3) is 0 Å². The molecule has 0 heterocycles. The molecule has 27 heavy (non-hydrogen) atoms. The van der Waals surface area contributed by atoms with Gasteiger partial charge >= 0.3 is 0 Å². The second-order valence-corrected chi connectivity index (χ2v) is 7.56. The Morgan fingerprint density at radius 3 is 1.56 bits per heavy atom. The van der Waals surface area contributed by atoms with Crippen molar-refractivity contribution >= 4 is 0 Å². The highest BCUT2D eigenvalue weighted by atomic mass is 16.3. The van der Waals surface area contributed by atoms with E-state index in [0.29, 0.717) is 5.92 Å². The van der Waals surface area contributed by atoms with Crippen molar-refractivity contribution in [3.05, 3.63) is 89.5 Å². The van der Waals surface area contributed by atoms with Gasteiger partial charge in [-0.05, 0) is 78.3 Å². The van der Waals surface area contributed by atoms with Crippen LogP contribution >= 0.6 is 0 Å². The Morgan fingerprint density at radius 2 is 1.07 bits per heavy atom. The minimum absolute atomic E-state index is 0.164. The van der Waals surface area contributed by atoms with Gasteiger partial charge in [-0.2, -0.15) is 0 Å². The van der Waals surface area contributed by atoms with Crippen molar-refractivity contribution < 1.29 is 15.3 Å². The zero-order valence-electron chi connectivity index (χ0n) is 15.2. The van der Waals surface area contributed by atoms with Crippen molar-refractivity contribution in [2.24, 2.45) is 0 Å². The highest BCUT2D eigenvalue weighted by molar-refractivity contribution is 5.44. The lowest BCUT2D eigenvalue weighted by Crippen LogP contribution is -2.33. The van der Waals surface area contributed by atoms with Crippen LogP contribution in [0, 0.1) is 0 Å². The van der Waals surface area contributed by atoms with E-state index in [1.54, 1.807) is 36.4 Å². The van der Waals surface area contributed by atoms with Crippen LogP contribution in [0.5, 0.6) is 17.2 Å². The van der Waals surface area contributed by atoms with Crippen molar-refractivity contribution in [3.8, 4) is 17.2 Å². The minimum Gasteiger partial charge on any atom is -0.508 e. The summed E-state index contributed by atoms with van der Waals surface area (Å²) in [4.78, 5) is 0. The van der Waals surface area contributed by atoms with Gasteiger partial charge in [-0.3, -0.25) is 0 Å². The Bertz CT molecular complexity index is 850. The molecule has 1 aliphatic carbocycles. The van der Waals surface area contributed by atoms with Crippen molar-refractivity contribution in [1.29, 1.82) is 0 Å². The van der Waals surface area contributed by atoms with Crippen molar-refractivity contribution in [2.45, 2.75) is 37.0 Å². The van der Waals surface area contributed by atoms with E-state index in [2.05, 4.69) is 0 Å². The molecule has 1 unspecified atom stereocenters. The van der Waals surface area contributed by atoms with Gasteiger partial charge in [0.1, 0.15) is 17.2 Å². The number of hydrogen-bond donors (Lipinski definition) is 3. The minimum atomic E-state index is -0.164. The fourth-order valence-corrected chi connectivity index (χ4v) is 4.56. The molecule has 0 amide bonds. The lowest BCUT2D eigenvalue weighted by molar-refractivity contribution is 0.310. The first-order valence-electron chi connectivity index (χ1n) is 9.45. The summed E-state index contributed by atoms with van der Waals surface area (Å²) in [5, 5.41) is 29.1. The van der Waals surface area contributed by atoms with E-state index >= 15 is 0 Å². The van der Waals surface area contributed by atoms with Crippen LogP contribution in [0.1, 0.15) is 48.3 Å². The summed E-state index contributed by atoms with van der Waals surface area (Å²) in [6, 6.07) is 22.6. The number of rotatable bonds is 3. The first-order chi connectivity index (χ1) is 13.1. The van der Waals surface area contributed by atoms with Gasteiger partial charge in [0.15, 0.2) is 0 Å². The molecular formula is C24H24O3. The molecule has 1 aliphatic rings. The molecule has 3 aromatic rings. The summed E-state index contributed by atoms with van der Waals surface area (Å²) in [5.41, 5.74) is 3.46. The first kappa shape index (κ1) is 17.5. The van der Waals surface area contributed by atoms with Crippen molar-refractivity contribution in [2.75, 3.05) is 0 Å². The Balaban J connectivity index is 1.78. The van der Waals surface area contributed by atoms with E-state index in [1.165, 1.54) is 16.7 Å². The van der Waals surface area contributed by atoms with Gasteiger partial charge in [-0.25, -0.2) is 0 Å². The molecule has 3 heteroatoms. The lowest BCUT2D eigenvalue weighted by atomic mass is 9.61. The summed E-state index contributed by atoms with van der Waals surface area (Å²) in [6.07, 6.45) is 4.18. The normalized spacial score (nSPS) is 18.9. The second-order valence-electron chi connectivity index (χ2n) is 7.56. The number of aromatic hydroxyl groups is 3. The Kier molecular flexibility index (Phi) is 4.53. The molecule has 1 atom stereocenters. The standard InChI is InChI=1S/C24H24O3/c25-21-9-3-17(4-10-21)18-2-1-15-24(16-18,19-5-11-22(26)12-6-19)20-7-13-23(27)14-8-20/h3-14,18,25-27H,1-2,15-16H2. The number of phenolic OH excluding ortho intramolecular Hbond substituents is 3. The lowest BCUT2D eigenvalue weighted by Gasteiger charge is -2.42. The number of phenols is 3. The quantitative estimate of drug-likeness (QED) is 0.582. The molecule has 1 fully saturated rings. The average molecular weight is 360 g/mol. The van der Waals surface area contributed by atoms with Gasteiger partial charge in [-0.15, -0.1) is 0 Å². The summed E-state index contributed by atoms with van der Waals surface area (Å²) in [6.45, 7) is 0. The molecule has 3 nitrogen and oxygen atoms in total. The Morgan fingerprint density at radius 1 is 0.630 bits per heavy atom. The smallest absolute Gasteiger partial charge is 0.115 e. The van der Waals surface area contributed by atoms with Crippen LogP contribution in [0.2, 0.25) is 0 Å². The summed E-state index contributed by atoms with van der Waals surface area (Å²) in [7, 11) is 0. The van der Waals surface area contributed by atoms with Crippen LogP contribution in [0.3, 0.4) is 0 Å². The third kappa shape index (κ3) is 3.37. The molecule has 3 aromatic carbocycles. The van der Waals surface area contributed by atoms with E-state index in [0.717, 1.165) is 25.7 Å². The van der Waals surface area contributed by atoms with Crippen molar-refractivity contribution in [1.82, 2.24) is 0 Å². The number of hydrogen-bond acceptors (Lipinski definition) is 3. The van der Waals surface area contributed by atoms with Crippen molar-refractivity contribution in [3.63, 3.8) is 0 Å². The van der Waals surface area contributed by atoms with Crippen LogP contribution < -0.4 is 0 Å². The Hall–Kier alpha value is -2.94. The molecule has 0 saturated heterocycles. The molecule has 138 valence electrons. The van der Waals surface area contributed by atoms with Crippen LogP contribution in [-0.2, 0) is 5.41 Å². The van der Waals surface area contributed by atoms with E-state index in [9.17, 15) is 15.3 Å². The average Bonchev–Trinajstić information content (AvgIpc) is 2.69. The van der Waals surface area contributed by atoms with Crippen LogP contribution in [0.4, 0.5) is 0 Å². The molecule has 0 spiro atoms. The summed E-state index contributed by atoms with van der Waals surface area (Å²) < 4.78 is 0. The van der Waals surface area contributed by atoms with Gasteiger partial charge in [0, 0.05) is 5.41 Å². The molecule has 0 radical (unpaired) electrons. The maximum Gasteiger partial charge on any atom is 0.115 e. The third-order valence-corrected chi connectivity index (χ3v) is 5.96. The molecular weight excluding hydrogens is 336 g/mol. The summed E-state index contributed by atoms with van der Waals surface area (Å²) in [5.74, 6) is 1.22. The van der Waals surface area contributed by atoms with E-state index < -0.39 is 0 Å². The molecule has 0 aliphatic heterocycles. The van der Waals surface area contributed by atoms with Gasteiger partial charge in [-0.1, -0.05) is 42.8 Å². The first-order valence-corrected chi connectivity index (χ1v) is 9.45. The SMILES string of the molecule is Oc1ccc(C2CCCC(c3ccc(O)cc3)(c3ccc(O)cc3)C2)cc1. The zero-order valence-corrected chi connectivity index (χ0v) is 15.2. The molecule has 1 saturated carbocycles. The maximum absolute atomic E-state index is 9.75. The largest absolute Gasteiger partial charge is 0.508 e.